The number of hydrogen-bond donors (Lipinski definition) is 0. The Morgan fingerprint density at radius 1 is 1.12 bits per heavy atom. The maximum Gasteiger partial charge on any atom is 0.243 e. The molecule has 3 nitrogen and oxygen atoms in total. The van der Waals surface area contributed by atoms with Gasteiger partial charge in [-0.05, 0) is 39.3 Å². The number of hydrogen-bond acceptors (Lipinski definition) is 2. The Kier molecular flexibility index (Phi) is 2.80. The lowest BCUT2D eigenvalue weighted by molar-refractivity contribution is 0.139. The maximum atomic E-state index is 12.3. The molecule has 0 saturated carbocycles. The molecule has 1 heterocycles. The molecular weight excluding hydrogens is 222 g/mol. The van der Waals surface area contributed by atoms with Gasteiger partial charge in [0.1, 0.15) is 0 Å². The van der Waals surface area contributed by atoms with Gasteiger partial charge in [-0.3, -0.25) is 0 Å². The highest BCUT2D eigenvalue weighted by atomic mass is 32.2. The van der Waals surface area contributed by atoms with Crippen molar-refractivity contribution in [3.8, 4) is 0 Å². The predicted octanol–water partition coefficient (Wildman–Crippen LogP) is 2.17. The zero-order valence-corrected chi connectivity index (χ0v) is 10.7. The Hall–Kier alpha value is -0.870. The van der Waals surface area contributed by atoms with Gasteiger partial charge in [0.2, 0.25) is 10.0 Å². The summed E-state index contributed by atoms with van der Waals surface area (Å²) in [6.45, 7) is 5.85. The van der Waals surface area contributed by atoms with Gasteiger partial charge >= 0.3 is 0 Å². The Morgan fingerprint density at radius 3 is 2.06 bits per heavy atom. The highest BCUT2D eigenvalue weighted by Gasteiger charge is 2.41. The van der Waals surface area contributed by atoms with Crippen LogP contribution in [0.3, 0.4) is 0 Å². The molecule has 2 rings (SSSR count). The van der Waals surface area contributed by atoms with Crippen LogP contribution < -0.4 is 0 Å². The second-order valence-corrected chi connectivity index (χ2v) is 6.42. The van der Waals surface area contributed by atoms with Crippen molar-refractivity contribution in [1.82, 2.24) is 4.31 Å². The molecule has 16 heavy (non-hydrogen) atoms. The van der Waals surface area contributed by atoms with Crippen LogP contribution in [0, 0.1) is 6.92 Å². The molecule has 0 aliphatic carbocycles. The van der Waals surface area contributed by atoms with Crippen LogP contribution in [-0.4, -0.2) is 24.8 Å². The van der Waals surface area contributed by atoms with E-state index in [1.165, 1.54) is 0 Å². The van der Waals surface area contributed by atoms with Gasteiger partial charge in [0, 0.05) is 12.1 Å². The van der Waals surface area contributed by atoms with Gasteiger partial charge in [-0.25, -0.2) is 8.42 Å². The number of nitrogens with zero attached hydrogens (tertiary/aromatic N) is 1. The third kappa shape index (κ3) is 1.76. The second-order valence-electron chi connectivity index (χ2n) is 4.58. The van der Waals surface area contributed by atoms with Crippen molar-refractivity contribution in [3.63, 3.8) is 0 Å². The van der Waals surface area contributed by atoms with E-state index in [2.05, 4.69) is 0 Å². The van der Waals surface area contributed by atoms with Gasteiger partial charge in [0.05, 0.1) is 4.90 Å². The smallest absolute Gasteiger partial charge is 0.207 e. The lowest BCUT2D eigenvalue weighted by atomic mass is 10.0. The average molecular weight is 239 g/mol. The van der Waals surface area contributed by atoms with Crippen molar-refractivity contribution >= 4 is 10.0 Å². The van der Waals surface area contributed by atoms with Crippen molar-refractivity contribution in [1.29, 1.82) is 0 Å². The van der Waals surface area contributed by atoms with Crippen LogP contribution in [-0.2, 0) is 10.0 Å². The molecule has 0 bridgehead atoms. The first-order chi connectivity index (χ1) is 7.43. The van der Waals surface area contributed by atoms with Crippen molar-refractivity contribution in [2.45, 2.75) is 44.2 Å². The Morgan fingerprint density at radius 2 is 1.62 bits per heavy atom. The fraction of sp³-hybridized carbons (Fsp3) is 0.500. The summed E-state index contributed by atoms with van der Waals surface area (Å²) in [6.07, 6.45) is 0.949. The van der Waals surface area contributed by atoms with E-state index in [-0.39, 0.29) is 12.1 Å². The van der Waals surface area contributed by atoms with Crippen LogP contribution in [0.2, 0.25) is 0 Å². The summed E-state index contributed by atoms with van der Waals surface area (Å²) in [4.78, 5) is 0.400. The topological polar surface area (TPSA) is 37.4 Å². The molecule has 88 valence electrons. The minimum atomic E-state index is -3.28. The molecule has 0 spiro atoms. The largest absolute Gasteiger partial charge is 0.243 e. The zero-order valence-electron chi connectivity index (χ0n) is 9.84. The highest BCUT2D eigenvalue weighted by molar-refractivity contribution is 7.89. The van der Waals surface area contributed by atoms with E-state index in [1.54, 1.807) is 16.4 Å². The van der Waals surface area contributed by atoms with Gasteiger partial charge < -0.3 is 0 Å². The lowest BCUT2D eigenvalue weighted by Gasteiger charge is -2.43. The van der Waals surface area contributed by atoms with Crippen molar-refractivity contribution in [2.75, 3.05) is 0 Å². The van der Waals surface area contributed by atoms with E-state index in [9.17, 15) is 8.42 Å². The van der Waals surface area contributed by atoms with Crippen LogP contribution in [0.5, 0.6) is 0 Å². The lowest BCUT2D eigenvalue weighted by Crippen LogP contribution is -2.55. The molecule has 2 atom stereocenters. The molecule has 4 heteroatoms. The number of sulfonamides is 1. The normalized spacial score (nSPS) is 26.4. The Bertz CT molecular complexity index is 470. The maximum absolute atomic E-state index is 12.3. The molecule has 1 aliphatic rings. The summed E-state index contributed by atoms with van der Waals surface area (Å²) >= 11 is 0. The molecule has 0 radical (unpaired) electrons. The van der Waals surface area contributed by atoms with Crippen LogP contribution in [0.1, 0.15) is 25.8 Å². The van der Waals surface area contributed by atoms with Crippen molar-refractivity contribution < 1.29 is 8.42 Å². The van der Waals surface area contributed by atoms with Crippen LogP contribution in [0.4, 0.5) is 0 Å². The summed E-state index contributed by atoms with van der Waals surface area (Å²) in [6, 6.07) is 7.29. The van der Waals surface area contributed by atoms with E-state index in [0.717, 1.165) is 12.0 Å². The molecule has 0 N–H and O–H groups in total. The molecule has 1 aliphatic heterocycles. The standard InChI is InChI=1S/C12H17NO2S/c1-9-4-6-12(7-5-9)16(14,15)13-10(2)8-11(13)3/h4-7,10-11H,8H2,1-3H3/t10-,11-/m0/s1. The minimum absolute atomic E-state index is 0.126. The third-order valence-electron chi connectivity index (χ3n) is 3.15. The highest BCUT2D eigenvalue weighted by Crippen LogP contribution is 2.32. The first-order valence-corrected chi connectivity index (χ1v) is 6.97. The van der Waals surface area contributed by atoms with Crippen LogP contribution in [0.15, 0.2) is 29.2 Å². The first-order valence-electron chi connectivity index (χ1n) is 5.53. The zero-order chi connectivity index (χ0) is 11.9. The quantitative estimate of drug-likeness (QED) is 0.793. The van der Waals surface area contributed by atoms with Crippen LogP contribution in [0.25, 0.3) is 0 Å². The molecule has 0 unspecified atom stereocenters. The average Bonchev–Trinajstić information content (AvgIpc) is 2.16. The Labute approximate surface area is 97.1 Å². The fourth-order valence-corrected chi connectivity index (χ4v) is 4.15. The number of aryl methyl sites for hydroxylation is 1. The third-order valence-corrected chi connectivity index (χ3v) is 5.29. The van der Waals surface area contributed by atoms with Crippen molar-refractivity contribution in [2.24, 2.45) is 0 Å². The van der Waals surface area contributed by atoms with E-state index in [1.807, 2.05) is 32.9 Å². The van der Waals surface area contributed by atoms with Crippen molar-refractivity contribution in [3.05, 3.63) is 29.8 Å². The summed E-state index contributed by atoms with van der Waals surface area (Å²) in [5.74, 6) is 0. The van der Waals surface area contributed by atoms with Gasteiger partial charge in [0.15, 0.2) is 0 Å². The summed E-state index contributed by atoms with van der Waals surface area (Å²) < 4.78 is 26.1. The predicted molar refractivity (Wildman–Crippen MR) is 63.7 cm³/mol. The van der Waals surface area contributed by atoms with Gasteiger partial charge in [0.25, 0.3) is 0 Å². The molecular formula is C12H17NO2S. The van der Waals surface area contributed by atoms with E-state index in [0.29, 0.717) is 4.90 Å². The molecule has 0 aromatic heterocycles. The van der Waals surface area contributed by atoms with E-state index >= 15 is 0 Å². The first kappa shape index (κ1) is 11.6. The monoisotopic (exact) mass is 239 g/mol. The van der Waals surface area contributed by atoms with E-state index < -0.39 is 10.0 Å². The summed E-state index contributed by atoms with van der Waals surface area (Å²) in [7, 11) is -3.28. The number of rotatable bonds is 2. The molecule has 1 fully saturated rings. The summed E-state index contributed by atoms with van der Waals surface area (Å²) in [5, 5.41) is 0. The van der Waals surface area contributed by atoms with Crippen LogP contribution >= 0.6 is 0 Å². The molecule has 1 aromatic rings. The van der Waals surface area contributed by atoms with E-state index in [4.69, 9.17) is 0 Å². The van der Waals surface area contributed by atoms with Gasteiger partial charge in [-0.1, -0.05) is 17.7 Å². The Balaban J connectivity index is 2.36. The summed E-state index contributed by atoms with van der Waals surface area (Å²) in [5.41, 5.74) is 1.07. The molecule has 0 amide bonds. The number of benzene rings is 1. The minimum Gasteiger partial charge on any atom is -0.207 e. The fourth-order valence-electron chi connectivity index (χ4n) is 2.30. The molecule has 1 saturated heterocycles. The van der Waals surface area contributed by atoms with Gasteiger partial charge in [-0.15, -0.1) is 0 Å². The molecule has 1 aromatic carbocycles. The second kappa shape index (κ2) is 3.86. The SMILES string of the molecule is Cc1ccc(S(=O)(=O)N2[C@@H](C)C[C@@H]2C)cc1. The van der Waals surface area contributed by atoms with Gasteiger partial charge in [-0.2, -0.15) is 4.31 Å².